The highest BCUT2D eigenvalue weighted by molar-refractivity contribution is 5.90. The second-order valence-electron chi connectivity index (χ2n) is 8.85. The van der Waals surface area contributed by atoms with Gasteiger partial charge in [-0.25, -0.2) is 4.98 Å². The van der Waals surface area contributed by atoms with Gasteiger partial charge in [0, 0.05) is 29.5 Å². The number of benzene rings is 1. The van der Waals surface area contributed by atoms with E-state index >= 15 is 0 Å². The lowest BCUT2D eigenvalue weighted by atomic mass is 9.90. The van der Waals surface area contributed by atoms with E-state index in [4.69, 9.17) is 10.4 Å². The lowest BCUT2D eigenvalue weighted by Gasteiger charge is -2.19. The van der Waals surface area contributed by atoms with Crippen LogP contribution in [0.4, 0.5) is 5.69 Å². The Morgan fingerprint density at radius 3 is 2.61 bits per heavy atom. The molecular formula is C26H27N5. The van der Waals surface area contributed by atoms with Crippen LogP contribution in [0.15, 0.2) is 48.1 Å². The molecule has 2 aliphatic carbocycles. The first kappa shape index (κ1) is 19.7. The van der Waals surface area contributed by atoms with Gasteiger partial charge in [-0.3, -0.25) is 0 Å². The van der Waals surface area contributed by atoms with E-state index < -0.39 is 0 Å². The van der Waals surface area contributed by atoms with Crippen molar-refractivity contribution in [3.63, 3.8) is 0 Å². The third-order valence-electron chi connectivity index (χ3n) is 6.95. The summed E-state index contributed by atoms with van der Waals surface area (Å²) in [6.45, 7) is 5.27. The molecule has 156 valence electrons. The maximum absolute atomic E-state index is 9.22. The van der Waals surface area contributed by atoms with Crippen molar-refractivity contribution < 1.29 is 0 Å². The normalized spacial score (nSPS) is 23.9. The molecule has 3 N–H and O–H groups in total. The number of nitrogens with one attached hydrogen (secondary N) is 3. The minimum absolute atomic E-state index is 0.674. The number of pyridine rings is 1. The number of hydrogen-bond donors (Lipinski definition) is 3. The van der Waals surface area contributed by atoms with E-state index in [-0.39, 0.29) is 0 Å². The lowest BCUT2D eigenvalue weighted by molar-refractivity contribution is 0.615. The average molecular weight is 410 g/mol. The highest BCUT2D eigenvalue weighted by Crippen LogP contribution is 2.48. The molecule has 5 rings (SSSR count). The van der Waals surface area contributed by atoms with Gasteiger partial charge >= 0.3 is 0 Å². The Morgan fingerprint density at radius 1 is 1.19 bits per heavy atom. The predicted octanol–water partition coefficient (Wildman–Crippen LogP) is 4.56. The van der Waals surface area contributed by atoms with E-state index in [1.54, 1.807) is 0 Å². The standard InChI is InChI=1S/C26H27N5/c1-16-2-6-19(7-3-16)26-20(18-8-4-17(11-27)5-9-18)10-24(25(12-28)31-26)30-15-23-21-13-29-14-22(21)23/h2-4,6-8,10,12,21-23,28-30H,5,9,13-15H2,1H3. The van der Waals surface area contributed by atoms with Crippen molar-refractivity contribution in [3.05, 3.63) is 64.9 Å². The number of piperidine rings is 1. The van der Waals surface area contributed by atoms with Crippen LogP contribution in [-0.2, 0) is 0 Å². The molecule has 0 amide bonds. The molecule has 2 atom stereocenters. The quantitative estimate of drug-likeness (QED) is 0.611. The van der Waals surface area contributed by atoms with E-state index in [1.165, 1.54) is 17.4 Å². The zero-order valence-electron chi connectivity index (χ0n) is 17.8. The summed E-state index contributed by atoms with van der Waals surface area (Å²) in [6.07, 6.45) is 6.91. The number of aryl methyl sites for hydroxylation is 1. The zero-order chi connectivity index (χ0) is 21.4. The summed E-state index contributed by atoms with van der Waals surface area (Å²) in [5.41, 5.74) is 7.85. The molecule has 1 saturated heterocycles. The van der Waals surface area contributed by atoms with E-state index in [9.17, 15) is 5.26 Å². The van der Waals surface area contributed by atoms with Crippen molar-refractivity contribution in [1.29, 1.82) is 10.7 Å². The van der Waals surface area contributed by atoms with Gasteiger partial charge in [-0.15, -0.1) is 0 Å². The Morgan fingerprint density at radius 2 is 1.97 bits per heavy atom. The second-order valence-corrected chi connectivity index (χ2v) is 8.85. The van der Waals surface area contributed by atoms with Crippen LogP contribution >= 0.6 is 0 Å². The largest absolute Gasteiger partial charge is 0.383 e. The maximum atomic E-state index is 9.22. The smallest absolute Gasteiger partial charge is 0.104 e. The summed E-state index contributed by atoms with van der Waals surface area (Å²) in [7, 11) is 0. The Labute approximate surface area is 183 Å². The highest BCUT2D eigenvalue weighted by atomic mass is 15.0. The SMILES string of the molecule is Cc1ccc(-c2nc(C=N)c(NCC3C4CNCC43)cc2C2=CC=C(C#N)CC2)cc1. The van der Waals surface area contributed by atoms with Gasteiger partial charge in [0.25, 0.3) is 0 Å². The van der Waals surface area contributed by atoms with Gasteiger partial charge < -0.3 is 16.0 Å². The molecule has 31 heavy (non-hydrogen) atoms. The number of allylic oxidation sites excluding steroid dienone is 4. The van der Waals surface area contributed by atoms with Gasteiger partial charge in [-0.2, -0.15) is 5.26 Å². The maximum Gasteiger partial charge on any atom is 0.104 e. The Bertz CT molecular complexity index is 1110. The molecule has 0 bridgehead atoms. The minimum atomic E-state index is 0.674. The number of hydrogen-bond acceptors (Lipinski definition) is 5. The molecular weight excluding hydrogens is 382 g/mol. The summed E-state index contributed by atoms with van der Waals surface area (Å²) >= 11 is 0. The third-order valence-corrected chi connectivity index (χ3v) is 6.95. The molecule has 2 heterocycles. The molecule has 2 fully saturated rings. The van der Waals surface area contributed by atoms with E-state index in [0.717, 1.165) is 78.3 Å². The summed E-state index contributed by atoms with van der Waals surface area (Å²) in [6, 6.07) is 12.8. The van der Waals surface area contributed by atoms with E-state index in [2.05, 4.69) is 60.0 Å². The van der Waals surface area contributed by atoms with Gasteiger partial charge in [0.05, 0.1) is 17.5 Å². The molecule has 3 aliphatic rings. The Kier molecular flexibility index (Phi) is 5.17. The van der Waals surface area contributed by atoms with Crippen LogP contribution in [-0.4, -0.2) is 30.8 Å². The van der Waals surface area contributed by atoms with E-state index in [0.29, 0.717) is 5.69 Å². The molecule has 0 radical (unpaired) electrons. The minimum Gasteiger partial charge on any atom is -0.383 e. The van der Waals surface area contributed by atoms with Crippen LogP contribution in [0.25, 0.3) is 16.8 Å². The number of aromatic nitrogens is 1. The van der Waals surface area contributed by atoms with Crippen LogP contribution in [0.1, 0.15) is 29.7 Å². The average Bonchev–Trinajstić information content (AvgIpc) is 3.23. The number of anilines is 1. The number of nitrogens with zero attached hydrogens (tertiary/aromatic N) is 2. The van der Waals surface area contributed by atoms with Crippen LogP contribution < -0.4 is 10.6 Å². The van der Waals surface area contributed by atoms with Crippen molar-refractivity contribution in [2.24, 2.45) is 17.8 Å². The molecule has 1 aromatic carbocycles. The summed E-state index contributed by atoms with van der Waals surface area (Å²) in [5, 5.41) is 24.2. The first-order chi connectivity index (χ1) is 15.2. The monoisotopic (exact) mass is 409 g/mol. The Hall–Kier alpha value is -3.23. The van der Waals surface area contributed by atoms with Gasteiger partial charge in [0.2, 0.25) is 0 Å². The third kappa shape index (κ3) is 3.80. The second kappa shape index (κ2) is 8.13. The van der Waals surface area contributed by atoms with Crippen molar-refractivity contribution in [2.45, 2.75) is 19.8 Å². The first-order valence-electron chi connectivity index (χ1n) is 11.1. The first-order valence-corrected chi connectivity index (χ1v) is 11.1. The topological polar surface area (TPSA) is 84.6 Å². The zero-order valence-corrected chi connectivity index (χ0v) is 17.8. The Balaban J connectivity index is 1.52. The highest BCUT2D eigenvalue weighted by Gasteiger charge is 2.52. The van der Waals surface area contributed by atoms with Crippen molar-refractivity contribution in [1.82, 2.24) is 10.3 Å². The number of nitriles is 1. The van der Waals surface area contributed by atoms with Gasteiger partial charge in [-0.1, -0.05) is 35.9 Å². The van der Waals surface area contributed by atoms with Crippen LogP contribution in [0.5, 0.6) is 0 Å². The van der Waals surface area contributed by atoms with Gasteiger partial charge in [-0.05, 0) is 68.3 Å². The molecule has 0 spiro atoms. The number of fused-ring (bicyclic) bond motifs is 1. The fraction of sp³-hybridized carbons (Fsp3) is 0.346. The fourth-order valence-electron chi connectivity index (χ4n) is 4.99. The van der Waals surface area contributed by atoms with Crippen molar-refractivity contribution in [2.75, 3.05) is 25.0 Å². The van der Waals surface area contributed by atoms with Crippen molar-refractivity contribution >= 4 is 17.5 Å². The molecule has 1 aromatic heterocycles. The van der Waals surface area contributed by atoms with Gasteiger partial charge in [0.15, 0.2) is 0 Å². The fourth-order valence-corrected chi connectivity index (χ4v) is 4.99. The molecule has 1 aliphatic heterocycles. The molecule has 2 unspecified atom stereocenters. The van der Waals surface area contributed by atoms with E-state index in [1.807, 2.05) is 6.08 Å². The molecule has 5 heteroatoms. The number of rotatable bonds is 6. The summed E-state index contributed by atoms with van der Waals surface area (Å²) in [5.74, 6) is 2.31. The van der Waals surface area contributed by atoms with Crippen LogP contribution in [0, 0.1) is 41.4 Å². The van der Waals surface area contributed by atoms with Crippen LogP contribution in [0.2, 0.25) is 0 Å². The summed E-state index contributed by atoms with van der Waals surface area (Å²) in [4.78, 5) is 4.93. The predicted molar refractivity (Wildman–Crippen MR) is 125 cm³/mol. The molecule has 1 saturated carbocycles. The summed E-state index contributed by atoms with van der Waals surface area (Å²) < 4.78 is 0. The lowest BCUT2D eigenvalue weighted by Crippen LogP contribution is -2.19. The molecule has 5 nitrogen and oxygen atoms in total. The van der Waals surface area contributed by atoms with Crippen molar-refractivity contribution in [3.8, 4) is 17.3 Å². The van der Waals surface area contributed by atoms with Gasteiger partial charge in [0.1, 0.15) is 5.69 Å². The molecule has 2 aromatic rings. The van der Waals surface area contributed by atoms with Crippen LogP contribution in [0.3, 0.4) is 0 Å².